The first kappa shape index (κ1) is 24.5. The van der Waals surface area contributed by atoms with Gasteiger partial charge in [0, 0.05) is 18.2 Å². The summed E-state index contributed by atoms with van der Waals surface area (Å²) in [6, 6.07) is 13.6. The van der Waals surface area contributed by atoms with Crippen LogP contribution in [0.2, 0.25) is 18.1 Å². The second kappa shape index (κ2) is 10.5. The zero-order valence-electron chi connectivity index (χ0n) is 19.7. The number of amides is 1. The van der Waals surface area contributed by atoms with E-state index in [2.05, 4.69) is 39.2 Å². The Bertz CT molecular complexity index is 916. The second-order valence-electron chi connectivity index (χ2n) is 8.96. The summed E-state index contributed by atoms with van der Waals surface area (Å²) in [6.07, 6.45) is 4.07. The van der Waals surface area contributed by atoms with E-state index >= 15 is 0 Å². The smallest absolute Gasteiger partial charge is 0.250 e. The molecule has 2 aromatic carbocycles. The Morgan fingerprint density at radius 1 is 1.00 bits per heavy atom. The van der Waals surface area contributed by atoms with Crippen molar-refractivity contribution < 1.29 is 18.7 Å². The van der Waals surface area contributed by atoms with Crippen LogP contribution >= 0.6 is 0 Å². The first-order valence-electron chi connectivity index (χ1n) is 10.5. The van der Waals surface area contributed by atoms with Crippen LogP contribution in [0.25, 0.3) is 6.08 Å². The molecule has 168 valence electrons. The highest BCUT2D eigenvalue weighted by atomic mass is 28.4. The fourth-order valence-electron chi connectivity index (χ4n) is 2.73. The maximum Gasteiger partial charge on any atom is 0.250 e. The number of hydrogen-bond donors (Lipinski definition) is 1. The molecule has 31 heavy (non-hydrogen) atoms. The van der Waals surface area contributed by atoms with Gasteiger partial charge in [-0.05, 0) is 54.4 Å². The van der Waals surface area contributed by atoms with Crippen molar-refractivity contribution >= 4 is 20.3 Å². The zero-order valence-corrected chi connectivity index (χ0v) is 20.7. The Hall–Kier alpha value is -2.73. The van der Waals surface area contributed by atoms with Crippen molar-refractivity contribution in [1.82, 2.24) is 5.32 Å². The maximum atomic E-state index is 12.3. The molecule has 2 rings (SSSR count). The normalized spacial score (nSPS) is 12.0. The van der Waals surface area contributed by atoms with Gasteiger partial charge in [0.15, 0.2) is 11.5 Å². The van der Waals surface area contributed by atoms with E-state index in [1.54, 1.807) is 20.3 Å². The molecule has 0 aromatic heterocycles. The number of nitrogens with one attached hydrogen (secondary N) is 1. The molecule has 0 atom stereocenters. The summed E-state index contributed by atoms with van der Waals surface area (Å²) >= 11 is 0. The molecule has 0 unspecified atom stereocenters. The molecule has 5 nitrogen and oxygen atoms in total. The SMILES string of the molecule is COc1ccc(CCNC(=O)/C=C/c2ccccc2O[Si](C)(C)C(C)(C)C)cc1OC. The highest BCUT2D eigenvalue weighted by Crippen LogP contribution is 2.38. The fourth-order valence-corrected chi connectivity index (χ4v) is 3.77. The largest absolute Gasteiger partial charge is 0.543 e. The van der Waals surface area contributed by atoms with Gasteiger partial charge in [0.2, 0.25) is 5.91 Å². The van der Waals surface area contributed by atoms with Gasteiger partial charge in [0.1, 0.15) is 5.75 Å². The fraction of sp³-hybridized carbons (Fsp3) is 0.400. The van der Waals surface area contributed by atoms with Crippen LogP contribution in [0, 0.1) is 0 Å². The first-order valence-corrected chi connectivity index (χ1v) is 13.4. The molecule has 0 spiro atoms. The molecule has 0 fully saturated rings. The Kier molecular flexibility index (Phi) is 8.33. The van der Waals surface area contributed by atoms with Crippen molar-refractivity contribution in [2.45, 2.75) is 45.3 Å². The number of hydrogen-bond acceptors (Lipinski definition) is 4. The van der Waals surface area contributed by atoms with E-state index in [0.29, 0.717) is 24.5 Å². The topological polar surface area (TPSA) is 56.8 Å². The van der Waals surface area contributed by atoms with Gasteiger partial charge in [-0.3, -0.25) is 4.79 Å². The molecule has 0 saturated heterocycles. The highest BCUT2D eigenvalue weighted by Gasteiger charge is 2.39. The minimum atomic E-state index is -1.96. The lowest BCUT2D eigenvalue weighted by Gasteiger charge is -2.36. The number of ether oxygens (including phenoxy) is 2. The second-order valence-corrected chi connectivity index (χ2v) is 13.7. The van der Waals surface area contributed by atoms with Gasteiger partial charge >= 0.3 is 0 Å². The van der Waals surface area contributed by atoms with Crippen LogP contribution in [0.3, 0.4) is 0 Å². The highest BCUT2D eigenvalue weighted by molar-refractivity contribution is 6.74. The molecular weight excluding hydrogens is 406 g/mol. The van der Waals surface area contributed by atoms with E-state index in [9.17, 15) is 4.79 Å². The number of carbonyl (C=O) groups excluding carboxylic acids is 1. The number of rotatable bonds is 9. The molecule has 0 bridgehead atoms. The Labute approximate surface area is 187 Å². The summed E-state index contributed by atoms with van der Waals surface area (Å²) in [5.41, 5.74) is 1.97. The number of benzene rings is 2. The van der Waals surface area contributed by atoms with Crippen molar-refractivity contribution in [3.8, 4) is 17.2 Å². The molecule has 0 heterocycles. The number of carbonyl (C=O) groups is 1. The van der Waals surface area contributed by atoms with Crippen LogP contribution in [-0.4, -0.2) is 35.0 Å². The summed E-state index contributed by atoms with van der Waals surface area (Å²) in [4.78, 5) is 12.3. The standard InChI is InChI=1S/C25H35NO4Si/c1-25(2,3)31(6,7)30-21-11-9-8-10-20(21)13-15-24(27)26-17-16-19-12-14-22(28-4)23(18-19)29-5/h8-15,18H,16-17H2,1-7H3,(H,26,27)/b15-13+. The van der Waals surface area contributed by atoms with E-state index in [4.69, 9.17) is 13.9 Å². The molecule has 0 aliphatic rings. The summed E-state index contributed by atoms with van der Waals surface area (Å²) in [6.45, 7) is 11.6. The van der Waals surface area contributed by atoms with Crippen molar-refractivity contribution in [3.63, 3.8) is 0 Å². The number of methoxy groups -OCH3 is 2. The third-order valence-electron chi connectivity index (χ3n) is 5.67. The van der Waals surface area contributed by atoms with E-state index in [1.165, 1.54) is 0 Å². The van der Waals surface area contributed by atoms with Gasteiger partial charge in [-0.2, -0.15) is 0 Å². The van der Waals surface area contributed by atoms with Crippen molar-refractivity contribution in [2.75, 3.05) is 20.8 Å². The van der Waals surface area contributed by atoms with Gasteiger partial charge in [0.05, 0.1) is 14.2 Å². The zero-order chi connectivity index (χ0) is 23.1. The Morgan fingerprint density at radius 3 is 2.32 bits per heavy atom. The summed E-state index contributed by atoms with van der Waals surface area (Å²) in [5, 5.41) is 3.03. The lowest BCUT2D eigenvalue weighted by molar-refractivity contribution is -0.116. The van der Waals surface area contributed by atoms with Crippen LogP contribution < -0.4 is 19.2 Å². The average Bonchev–Trinajstić information content (AvgIpc) is 2.72. The Morgan fingerprint density at radius 2 is 1.68 bits per heavy atom. The maximum absolute atomic E-state index is 12.3. The summed E-state index contributed by atoms with van der Waals surface area (Å²) < 4.78 is 17.0. The van der Waals surface area contributed by atoms with E-state index < -0.39 is 8.32 Å². The van der Waals surface area contributed by atoms with Gasteiger partial charge in [-0.1, -0.05) is 45.0 Å². The van der Waals surface area contributed by atoms with E-state index in [-0.39, 0.29) is 10.9 Å². The van der Waals surface area contributed by atoms with Crippen LogP contribution in [0.1, 0.15) is 31.9 Å². The molecule has 0 radical (unpaired) electrons. The van der Waals surface area contributed by atoms with Gasteiger partial charge in [-0.15, -0.1) is 0 Å². The predicted octanol–water partition coefficient (Wildman–Crippen LogP) is 5.46. The molecule has 0 saturated carbocycles. The van der Waals surface area contributed by atoms with Gasteiger partial charge in [-0.25, -0.2) is 0 Å². The molecule has 6 heteroatoms. The van der Waals surface area contributed by atoms with Crippen molar-refractivity contribution in [1.29, 1.82) is 0 Å². The van der Waals surface area contributed by atoms with Gasteiger partial charge < -0.3 is 19.2 Å². The van der Waals surface area contributed by atoms with Crippen LogP contribution in [-0.2, 0) is 11.2 Å². The minimum absolute atomic E-state index is 0.103. The molecule has 0 aliphatic heterocycles. The lowest BCUT2D eigenvalue weighted by Crippen LogP contribution is -2.44. The molecule has 2 aromatic rings. The van der Waals surface area contributed by atoms with Gasteiger partial charge in [0.25, 0.3) is 8.32 Å². The Balaban J connectivity index is 1.97. The monoisotopic (exact) mass is 441 g/mol. The van der Waals surface area contributed by atoms with E-state index in [0.717, 1.165) is 16.9 Å². The third kappa shape index (κ3) is 6.89. The summed E-state index contributed by atoms with van der Waals surface area (Å²) in [7, 11) is 1.26. The average molecular weight is 442 g/mol. The molecule has 0 aliphatic carbocycles. The first-order chi connectivity index (χ1) is 14.6. The lowest BCUT2D eigenvalue weighted by atomic mass is 10.1. The quantitative estimate of drug-likeness (QED) is 0.415. The minimum Gasteiger partial charge on any atom is -0.543 e. The van der Waals surface area contributed by atoms with Crippen molar-refractivity contribution in [3.05, 3.63) is 59.7 Å². The van der Waals surface area contributed by atoms with Crippen molar-refractivity contribution in [2.24, 2.45) is 0 Å². The third-order valence-corrected chi connectivity index (χ3v) is 10.0. The molecule has 1 N–H and O–H groups in total. The van der Waals surface area contributed by atoms with Crippen LogP contribution in [0.5, 0.6) is 17.2 Å². The van der Waals surface area contributed by atoms with E-state index in [1.807, 2.05) is 48.5 Å². The molecular formula is C25H35NO4Si. The summed E-state index contributed by atoms with van der Waals surface area (Å²) in [5.74, 6) is 2.06. The van der Waals surface area contributed by atoms with Crippen LogP contribution in [0.4, 0.5) is 0 Å². The van der Waals surface area contributed by atoms with Crippen LogP contribution in [0.15, 0.2) is 48.5 Å². The number of para-hydroxylation sites is 1. The predicted molar refractivity (Wildman–Crippen MR) is 130 cm³/mol. The molecule has 1 amide bonds.